The third kappa shape index (κ3) is 8.71. The first-order valence-corrected chi connectivity index (χ1v) is 24.5. The molecule has 5 aliphatic carbocycles. The number of rotatable bonds is 17. The van der Waals surface area contributed by atoms with Crippen molar-refractivity contribution in [2.45, 2.75) is 143 Å². The fraction of sp³-hybridized carbons (Fsp3) is 0.935. The summed E-state index contributed by atoms with van der Waals surface area (Å²) in [5.41, 5.74) is 2.00. The molecular formula is C46H80N2O8S. The molecule has 6 aliphatic rings. The van der Waals surface area contributed by atoms with Crippen LogP contribution < -0.4 is 5.32 Å². The zero-order valence-corrected chi connectivity index (χ0v) is 38.1. The predicted molar refractivity (Wildman–Crippen MR) is 226 cm³/mol. The molecule has 12 atom stereocenters. The Morgan fingerprint density at radius 1 is 0.807 bits per heavy atom. The Labute approximate surface area is 346 Å². The largest absolute Gasteiger partial charge is 0.462 e. The monoisotopic (exact) mass is 821 g/mol. The summed E-state index contributed by atoms with van der Waals surface area (Å²) in [7, 11) is -1.35. The number of carbonyl (C=O) groups is 1. The molecule has 6 rings (SSSR count). The number of nitrogens with one attached hydrogen (secondary N) is 1. The molecule has 0 spiro atoms. The lowest BCUT2D eigenvalue weighted by Crippen LogP contribution is -2.69. The molecule has 0 aromatic rings. The number of nitrogens with zero attached hydrogens (tertiary/aromatic N) is 1. The van der Waals surface area contributed by atoms with Gasteiger partial charge in [0.25, 0.3) is 0 Å². The van der Waals surface area contributed by atoms with E-state index in [4.69, 9.17) is 23.7 Å². The van der Waals surface area contributed by atoms with Crippen LogP contribution in [0.25, 0.3) is 0 Å². The van der Waals surface area contributed by atoms with Gasteiger partial charge in [0, 0.05) is 50.7 Å². The van der Waals surface area contributed by atoms with E-state index in [0.29, 0.717) is 82.3 Å². The van der Waals surface area contributed by atoms with Crippen molar-refractivity contribution in [3.63, 3.8) is 0 Å². The molecule has 0 amide bonds. The van der Waals surface area contributed by atoms with E-state index in [1.165, 1.54) is 44.1 Å². The average Bonchev–Trinajstić information content (AvgIpc) is 3.53. The number of fused-ring (bicyclic) bond motifs is 7. The van der Waals surface area contributed by atoms with Crippen molar-refractivity contribution in [3.8, 4) is 0 Å². The highest BCUT2D eigenvalue weighted by atomic mass is 32.2. The van der Waals surface area contributed by atoms with Crippen LogP contribution in [0.1, 0.15) is 120 Å². The van der Waals surface area contributed by atoms with Gasteiger partial charge >= 0.3 is 5.97 Å². The molecule has 57 heavy (non-hydrogen) atoms. The third-order valence-corrected chi connectivity index (χ3v) is 19.4. The SMILES string of the molecule is C=C(C)[C@@H]1CC[C@]2(NCC([C@@H](C)OCCOCCOCCOC)N3CCS(=O)(=O)CC3)CC[C@]3(C)[C@H](CC[C@@H]4[C@@]5(C)CC[C@H](OC(C)=O)C(C)(C)[C@@H]5CC[C@]43C)[C@@H]12. The summed E-state index contributed by atoms with van der Waals surface area (Å²) in [6, 6.07) is 0.0547. The van der Waals surface area contributed by atoms with Gasteiger partial charge in [-0.1, -0.05) is 46.8 Å². The first kappa shape index (κ1) is 45.4. The highest BCUT2D eigenvalue weighted by molar-refractivity contribution is 7.91. The first-order chi connectivity index (χ1) is 26.9. The summed E-state index contributed by atoms with van der Waals surface area (Å²) in [4.78, 5) is 14.5. The summed E-state index contributed by atoms with van der Waals surface area (Å²) in [5, 5.41) is 4.32. The summed E-state index contributed by atoms with van der Waals surface area (Å²) in [6.07, 6.45) is 11.7. The Kier molecular flexibility index (Phi) is 14.1. The lowest BCUT2D eigenvalue weighted by Gasteiger charge is -2.73. The normalized spacial score (nSPS) is 40.9. The van der Waals surface area contributed by atoms with Crippen LogP contribution in [0, 0.1) is 51.2 Å². The molecule has 1 aliphatic heterocycles. The second-order valence-electron chi connectivity index (χ2n) is 20.7. The van der Waals surface area contributed by atoms with Crippen LogP contribution >= 0.6 is 0 Å². The minimum absolute atomic E-state index is 0.00313. The van der Waals surface area contributed by atoms with Gasteiger partial charge in [-0.2, -0.15) is 0 Å². The predicted octanol–water partition coefficient (Wildman–Crippen LogP) is 7.10. The molecule has 0 bridgehead atoms. The third-order valence-electron chi connectivity index (χ3n) is 17.8. The summed E-state index contributed by atoms with van der Waals surface area (Å²) < 4.78 is 53.9. The van der Waals surface area contributed by atoms with E-state index >= 15 is 0 Å². The Hall–Kier alpha value is -1.08. The van der Waals surface area contributed by atoms with Gasteiger partial charge in [-0.15, -0.1) is 0 Å². The fourth-order valence-electron chi connectivity index (χ4n) is 14.7. The molecule has 1 saturated heterocycles. The molecule has 6 fully saturated rings. The average molecular weight is 821 g/mol. The van der Waals surface area contributed by atoms with Gasteiger partial charge in [-0.05, 0) is 124 Å². The van der Waals surface area contributed by atoms with Crippen molar-refractivity contribution in [3.05, 3.63) is 12.2 Å². The quantitative estimate of drug-likeness (QED) is 0.0927. The van der Waals surface area contributed by atoms with Crippen molar-refractivity contribution >= 4 is 15.8 Å². The Balaban J connectivity index is 1.19. The van der Waals surface area contributed by atoms with E-state index in [9.17, 15) is 13.2 Å². The topological polar surface area (TPSA) is 113 Å². The van der Waals surface area contributed by atoms with E-state index in [-0.39, 0.29) is 62.9 Å². The first-order valence-electron chi connectivity index (χ1n) is 22.6. The van der Waals surface area contributed by atoms with Crippen LogP contribution in [0.5, 0.6) is 0 Å². The Bertz CT molecular complexity index is 1510. The molecule has 1 heterocycles. The number of hydrogen-bond acceptors (Lipinski definition) is 10. The molecular weight excluding hydrogens is 741 g/mol. The van der Waals surface area contributed by atoms with Gasteiger partial charge in [0.1, 0.15) is 6.10 Å². The zero-order chi connectivity index (χ0) is 41.4. The van der Waals surface area contributed by atoms with Gasteiger partial charge in [0.15, 0.2) is 9.84 Å². The maximum Gasteiger partial charge on any atom is 0.302 e. The van der Waals surface area contributed by atoms with Gasteiger partial charge in [0.2, 0.25) is 0 Å². The second-order valence-corrected chi connectivity index (χ2v) is 23.0. The standard InChI is InChI=1S/C46H80N2O8S/c1-32(2)35-13-18-46(47-31-37(48-21-29-57(50,51)30-22-48)33(3)55-28-27-54-26-25-53-24-23-52-10)20-19-44(8)36(41(35)46)11-12-39-43(7)16-15-40(56-34(4)49)42(5,6)38(43)14-17-45(39,44)9/h33,35-41,47H,1,11-31H2,2-10H3/t33-,35+,36-,37?,38+,39-,40+,41-,43+,44-,45-,46+/m1/s1. The van der Waals surface area contributed by atoms with Crippen LogP contribution in [0.15, 0.2) is 12.2 Å². The van der Waals surface area contributed by atoms with Gasteiger partial charge in [-0.25, -0.2) is 8.42 Å². The van der Waals surface area contributed by atoms with Crippen molar-refractivity contribution in [1.29, 1.82) is 0 Å². The number of ether oxygens (including phenoxy) is 5. The molecule has 1 N–H and O–H groups in total. The summed E-state index contributed by atoms with van der Waals surface area (Å²) in [6.45, 7) is 28.4. The number of hydrogen-bond donors (Lipinski definition) is 1. The second kappa shape index (κ2) is 17.7. The highest BCUT2D eigenvalue weighted by Gasteiger charge is 2.71. The fourth-order valence-corrected chi connectivity index (χ4v) is 15.9. The van der Waals surface area contributed by atoms with Gasteiger partial charge in [-0.3, -0.25) is 9.69 Å². The Morgan fingerprint density at radius 2 is 1.47 bits per heavy atom. The van der Waals surface area contributed by atoms with Crippen LogP contribution in [0.3, 0.4) is 0 Å². The number of allylic oxidation sites excluding steroid dienone is 1. The summed E-state index contributed by atoms with van der Waals surface area (Å²) >= 11 is 0. The number of methoxy groups -OCH3 is 1. The van der Waals surface area contributed by atoms with Crippen molar-refractivity contribution in [2.24, 2.45) is 51.2 Å². The van der Waals surface area contributed by atoms with Gasteiger partial charge < -0.3 is 29.0 Å². The molecule has 328 valence electrons. The van der Waals surface area contributed by atoms with Crippen LogP contribution in [-0.2, 0) is 38.3 Å². The van der Waals surface area contributed by atoms with E-state index in [2.05, 4.69) is 65.3 Å². The van der Waals surface area contributed by atoms with Crippen LogP contribution in [-0.4, -0.2) is 121 Å². The number of sulfone groups is 1. The van der Waals surface area contributed by atoms with Gasteiger partial charge in [0.05, 0.1) is 57.3 Å². The minimum Gasteiger partial charge on any atom is -0.462 e. The van der Waals surface area contributed by atoms with E-state index in [1.54, 1.807) is 14.0 Å². The van der Waals surface area contributed by atoms with E-state index < -0.39 is 9.84 Å². The zero-order valence-electron chi connectivity index (χ0n) is 37.3. The molecule has 11 heteroatoms. The minimum atomic E-state index is -3.01. The summed E-state index contributed by atoms with van der Waals surface area (Å²) in [5.74, 6) is 3.08. The smallest absolute Gasteiger partial charge is 0.302 e. The molecule has 1 unspecified atom stereocenters. The molecule has 0 aromatic heterocycles. The lowest BCUT2D eigenvalue weighted by molar-refractivity contribution is -0.246. The maximum atomic E-state index is 12.5. The lowest BCUT2D eigenvalue weighted by atomic mass is 9.32. The number of esters is 1. The van der Waals surface area contributed by atoms with E-state index in [1.807, 2.05) is 0 Å². The molecule has 10 nitrogen and oxygen atoms in total. The van der Waals surface area contributed by atoms with Crippen molar-refractivity contribution < 1.29 is 36.9 Å². The Morgan fingerprint density at radius 3 is 2.12 bits per heavy atom. The molecule has 0 aromatic carbocycles. The highest BCUT2D eigenvalue weighted by Crippen LogP contribution is 2.76. The van der Waals surface area contributed by atoms with Crippen LogP contribution in [0.4, 0.5) is 0 Å². The van der Waals surface area contributed by atoms with E-state index in [0.717, 1.165) is 32.2 Å². The van der Waals surface area contributed by atoms with Crippen molar-refractivity contribution in [1.82, 2.24) is 10.2 Å². The molecule has 0 radical (unpaired) electrons. The molecule has 5 saturated carbocycles. The number of carbonyl (C=O) groups excluding carboxylic acids is 1. The van der Waals surface area contributed by atoms with Crippen LogP contribution in [0.2, 0.25) is 0 Å². The maximum absolute atomic E-state index is 12.5. The van der Waals surface area contributed by atoms with Crippen molar-refractivity contribution in [2.75, 3.05) is 77.9 Å².